The largest absolute Gasteiger partial charge is 0.396 e. The van der Waals surface area contributed by atoms with Gasteiger partial charge in [-0.05, 0) is 28.1 Å². The molecule has 0 aliphatic carbocycles. The molecule has 0 bridgehead atoms. The highest BCUT2D eigenvalue weighted by Crippen LogP contribution is 2.26. The van der Waals surface area contributed by atoms with Gasteiger partial charge in [0, 0.05) is 19.1 Å². The minimum Gasteiger partial charge on any atom is -0.396 e. The Morgan fingerprint density at radius 2 is 2.28 bits per heavy atom. The van der Waals surface area contributed by atoms with Crippen LogP contribution in [0.2, 0.25) is 0 Å². The molecule has 0 aliphatic rings. The first-order valence-corrected chi connectivity index (χ1v) is 5.87. The van der Waals surface area contributed by atoms with Crippen LogP contribution >= 0.6 is 15.9 Å². The molecule has 0 saturated heterocycles. The molecule has 0 saturated carbocycles. The highest BCUT2D eigenvalue weighted by atomic mass is 79.9. The lowest BCUT2D eigenvalue weighted by Crippen LogP contribution is -1.96. The molecule has 8 heteroatoms. The van der Waals surface area contributed by atoms with E-state index < -0.39 is 4.92 Å². The molecule has 1 aromatic heterocycles. The van der Waals surface area contributed by atoms with Crippen LogP contribution < -0.4 is 0 Å². The second kappa shape index (κ2) is 5.23. The van der Waals surface area contributed by atoms with Crippen LogP contribution in [0.25, 0.3) is 5.69 Å². The number of rotatable bonds is 4. The van der Waals surface area contributed by atoms with E-state index in [0.717, 1.165) is 0 Å². The Bertz CT molecular complexity index is 584. The number of benzene rings is 1. The summed E-state index contributed by atoms with van der Waals surface area (Å²) < 4.78 is 1.88. The standard InChI is InChI=1S/C10H9BrN4O3/c11-9-5-8(1-2-10(9)15(17)18)14-6-7(3-4-16)12-13-14/h1-2,5-6,16H,3-4H2. The van der Waals surface area contributed by atoms with E-state index in [-0.39, 0.29) is 12.3 Å². The molecule has 18 heavy (non-hydrogen) atoms. The van der Waals surface area contributed by atoms with E-state index >= 15 is 0 Å². The average molecular weight is 313 g/mol. The smallest absolute Gasteiger partial charge is 0.283 e. The van der Waals surface area contributed by atoms with E-state index in [4.69, 9.17) is 5.11 Å². The fourth-order valence-electron chi connectivity index (χ4n) is 1.44. The summed E-state index contributed by atoms with van der Waals surface area (Å²) in [6, 6.07) is 4.57. The van der Waals surface area contributed by atoms with Crippen molar-refractivity contribution in [1.82, 2.24) is 15.0 Å². The molecule has 7 nitrogen and oxygen atoms in total. The molecular formula is C10H9BrN4O3. The first-order valence-electron chi connectivity index (χ1n) is 5.08. The molecule has 2 aromatic rings. The highest BCUT2D eigenvalue weighted by molar-refractivity contribution is 9.10. The van der Waals surface area contributed by atoms with Gasteiger partial charge in [-0.2, -0.15) is 0 Å². The van der Waals surface area contributed by atoms with Crippen LogP contribution in [-0.4, -0.2) is 31.6 Å². The Kier molecular flexibility index (Phi) is 3.68. The third-order valence-corrected chi connectivity index (χ3v) is 2.94. The summed E-state index contributed by atoms with van der Waals surface area (Å²) >= 11 is 3.14. The van der Waals surface area contributed by atoms with Crippen LogP contribution in [0.3, 0.4) is 0 Å². The topological polar surface area (TPSA) is 94.1 Å². The monoisotopic (exact) mass is 312 g/mol. The maximum Gasteiger partial charge on any atom is 0.283 e. The molecule has 0 aliphatic heterocycles. The minimum atomic E-state index is -0.466. The van der Waals surface area contributed by atoms with Gasteiger partial charge in [0.25, 0.3) is 5.69 Å². The van der Waals surface area contributed by atoms with Gasteiger partial charge in [-0.25, -0.2) is 4.68 Å². The number of aliphatic hydroxyl groups excluding tert-OH is 1. The molecule has 0 amide bonds. The van der Waals surface area contributed by atoms with Crippen molar-refractivity contribution in [2.75, 3.05) is 6.61 Å². The first-order chi connectivity index (χ1) is 8.61. The van der Waals surface area contributed by atoms with Crippen LogP contribution in [0, 0.1) is 10.1 Å². The van der Waals surface area contributed by atoms with Gasteiger partial charge in [0.05, 0.1) is 27.0 Å². The quantitative estimate of drug-likeness (QED) is 0.681. The number of hydrogen-bond donors (Lipinski definition) is 1. The zero-order valence-corrected chi connectivity index (χ0v) is 10.7. The predicted molar refractivity (Wildman–Crippen MR) is 66.5 cm³/mol. The van der Waals surface area contributed by atoms with Crippen molar-refractivity contribution >= 4 is 21.6 Å². The van der Waals surface area contributed by atoms with Crippen molar-refractivity contribution in [2.45, 2.75) is 6.42 Å². The molecular weight excluding hydrogens is 304 g/mol. The molecule has 1 N–H and O–H groups in total. The van der Waals surface area contributed by atoms with Crippen molar-refractivity contribution in [3.63, 3.8) is 0 Å². The van der Waals surface area contributed by atoms with Gasteiger partial charge in [0.1, 0.15) is 0 Å². The first kappa shape index (κ1) is 12.7. The normalized spacial score (nSPS) is 10.6. The number of aromatic nitrogens is 3. The van der Waals surface area contributed by atoms with Crippen LogP contribution in [0.1, 0.15) is 5.69 Å². The fourth-order valence-corrected chi connectivity index (χ4v) is 1.95. The van der Waals surface area contributed by atoms with E-state index in [9.17, 15) is 10.1 Å². The second-order valence-corrected chi connectivity index (χ2v) is 4.38. The molecule has 1 aromatic carbocycles. The predicted octanol–water partition coefficient (Wildman–Crippen LogP) is 1.47. The van der Waals surface area contributed by atoms with Crippen LogP contribution in [-0.2, 0) is 6.42 Å². The van der Waals surface area contributed by atoms with E-state index in [1.807, 2.05) is 0 Å². The van der Waals surface area contributed by atoms with E-state index in [0.29, 0.717) is 22.3 Å². The molecule has 2 rings (SSSR count). The zero-order valence-electron chi connectivity index (χ0n) is 9.15. The molecule has 1 heterocycles. The van der Waals surface area contributed by atoms with Gasteiger partial charge in [-0.15, -0.1) is 5.10 Å². The molecule has 0 unspecified atom stereocenters. The number of halogens is 1. The second-order valence-electron chi connectivity index (χ2n) is 3.52. The SMILES string of the molecule is O=[N+]([O-])c1ccc(-n2cc(CCO)nn2)cc1Br. The Hall–Kier alpha value is -1.80. The van der Waals surface area contributed by atoms with Gasteiger partial charge < -0.3 is 5.11 Å². The number of hydrogen-bond acceptors (Lipinski definition) is 5. The fraction of sp³-hybridized carbons (Fsp3) is 0.200. The van der Waals surface area contributed by atoms with Gasteiger partial charge in [-0.1, -0.05) is 5.21 Å². The summed E-state index contributed by atoms with van der Waals surface area (Å²) in [6.45, 7) is 0.00263. The maximum absolute atomic E-state index is 10.7. The minimum absolute atomic E-state index is 0.00263. The Labute approximate surface area is 110 Å². The zero-order chi connectivity index (χ0) is 13.1. The summed E-state index contributed by atoms with van der Waals surface area (Å²) in [5.41, 5.74) is 1.31. The summed E-state index contributed by atoms with van der Waals surface area (Å²) in [6.07, 6.45) is 2.10. The lowest BCUT2D eigenvalue weighted by Gasteiger charge is -2.01. The lowest BCUT2D eigenvalue weighted by molar-refractivity contribution is -0.385. The molecule has 94 valence electrons. The Morgan fingerprint density at radius 3 is 2.89 bits per heavy atom. The van der Waals surface area contributed by atoms with Crippen molar-refractivity contribution in [2.24, 2.45) is 0 Å². The third kappa shape index (κ3) is 2.54. The van der Waals surface area contributed by atoms with Crippen molar-refractivity contribution in [3.05, 3.63) is 44.7 Å². The average Bonchev–Trinajstić information content (AvgIpc) is 2.77. The number of nitro groups is 1. The van der Waals surface area contributed by atoms with Crippen molar-refractivity contribution in [3.8, 4) is 5.69 Å². The summed E-state index contributed by atoms with van der Waals surface area (Å²) in [4.78, 5) is 10.2. The van der Waals surface area contributed by atoms with Crippen LogP contribution in [0.5, 0.6) is 0 Å². The summed E-state index contributed by atoms with van der Waals surface area (Å²) in [7, 11) is 0. The van der Waals surface area contributed by atoms with Gasteiger partial charge >= 0.3 is 0 Å². The lowest BCUT2D eigenvalue weighted by atomic mass is 10.3. The van der Waals surface area contributed by atoms with E-state index in [1.165, 1.54) is 10.7 Å². The van der Waals surface area contributed by atoms with Crippen molar-refractivity contribution in [1.29, 1.82) is 0 Å². The van der Waals surface area contributed by atoms with E-state index in [1.54, 1.807) is 18.3 Å². The number of nitrogens with zero attached hydrogens (tertiary/aromatic N) is 4. The Morgan fingerprint density at radius 1 is 1.50 bits per heavy atom. The maximum atomic E-state index is 10.7. The summed E-state index contributed by atoms with van der Waals surface area (Å²) in [5.74, 6) is 0. The van der Waals surface area contributed by atoms with Gasteiger partial charge in [0.2, 0.25) is 0 Å². The Balaban J connectivity index is 2.33. The highest BCUT2D eigenvalue weighted by Gasteiger charge is 2.13. The summed E-state index contributed by atoms with van der Waals surface area (Å²) in [5, 5.41) is 27.2. The third-order valence-electron chi connectivity index (χ3n) is 2.30. The van der Waals surface area contributed by atoms with E-state index in [2.05, 4.69) is 26.2 Å². The van der Waals surface area contributed by atoms with Crippen LogP contribution in [0.4, 0.5) is 5.69 Å². The van der Waals surface area contributed by atoms with Gasteiger partial charge in [-0.3, -0.25) is 10.1 Å². The van der Waals surface area contributed by atoms with Crippen LogP contribution in [0.15, 0.2) is 28.9 Å². The molecule has 0 atom stereocenters. The number of nitro benzene ring substituents is 1. The molecule has 0 spiro atoms. The molecule has 0 radical (unpaired) electrons. The van der Waals surface area contributed by atoms with Crippen molar-refractivity contribution < 1.29 is 10.0 Å². The molecule has 0 fully saturated rings. The number of aliphatic hydroxyl groups is 1. The van der Waals surface area contributed by atoms with Gasteiger partial charge in [0.15, 0.2) is 0 Å².